The van der Waals surface area contributed by atoms with Crippen LogP contribution in [0, 0.1) is 5.92 Å². The number of nitrogens with zero attached hydrogens (tertiary/aromatic N) is 2. The number of hydrogen-bond donors (Lipinski definition) is 2. The fourth-order valence-electron chi connectivity index (χ4n) is 3.48. The topological polar surface area (TPSA) is 58.1 Å². The number of alkyl halides is 3. The van der Waals surface area contributed by atoms with Crippen molar-refractivity contribution in [2.45, 2.75) is 32.0 Å². The van der Waals surface area contributed by atoms with Gasteiger partial charge < -0.3 is 20.1 Å². The summed E-state index contributed by atoms with van der Waals surface area (Å²) in [6.07, 6.45) is -1.60. The summed E-state index contributed by atoms with van der Waals surface area (Å²) in [6, 6.07) is 5.72. The van der Waals surface area contributed by atoms with Crippen LogP contribution in [0.15, 0.2) is 23.2 Å². The third kappa shape index (κ3) is 8.00. The average molecular weight is 416 g/mol. The Balaban J connectivity index is 1.70. The Hall–Kier alpha value is -2.16. The predicted octanol–water partition coefficient (Wildman–Crippen LogP) is 3.03. The molecule has 1 heterocycles. The van der Waals surface area contributed by atoms with E-state index >= 15 is 0 Å². The van der Waals surface area contributed by atoms with Crippen molar-refractivity contribution in [3.8, 4) is 11.5 Å². The summed E-state index contributed by atoms with van der Waals surface area (Å²) in [5, 5.41) is 6.53. The average Bonchev–Trinajstić information content (AvgIpc) is 2.70. The second-order valence-electron chi connectivity index (χ2n) is 7.17. The summed E-state index contributed by atoms with van der Waals surface area (Å²) in [6.45, 7) is 1.53. The molecule has 0 amide bonds. The van der Waals surface area contributed by atoms with E-state index < -0.39 is 12.7 Å². The van der Waals surface area contributed by atoms with Crippen molar-refractivity contribution >= 4 is 5.96 Å². The highest BCUT2D eigenvalue weighted by Gasteiger charge is 2.32. The van der Waals surface area contributed by atoms with Gasteiger partial charge in [0.15, 0.2) is 17.5 Å². The predicted molar refractivity (Wildman–Crippen MR) is 108 cm³/mol. The number of methoxy groups -OCH3 is 2. The maximum absolute atomic E-state index is 12.5. The monoisotopic (exact) mass is 416 g/mol. The number of piperidine rings is 1. The van der Waals surface area contributed by atoms with Crippen LogP contribution in [0.1, 0.15) is 24.8 Å². The van der Waals surface area contributed by atoms with Gasteiger partial charge in [-0.1, -0.05) is 6.07 Å². The Kier molecular flexibility index (Phi) is 8.88. The van der Waals surface area contributed by atoms with Gasteiger partial charge in [0, 0.05) is 20.1 Å². The minimum Gasteiger partial charge on any atom is -0.493 e. The zero-order valence-electron chi connectivity index (χ0n) is 17.3. The zero-order valence-corrected chi connectivity index (χ0v) is 17.3. The van der Waals surface area contributed by atoms with E-state index in [1.54, 1.807) is 21.3 Å². The van der Waals surface area contributed by atoms with Crippen LogP contribution in [0.5, 0.6) is 11.5 Å². The van der Waals surface area contributed by atoms with Crippen LogP contribution in [0.3, 0.4) is 0 Å². The number of hydrogen-bond acceptors (Lipinski definition) is 4. The summed E-state index contributed by atoms with van der Waals surface area (Å²) in [5.74, 6) is 2.48. The first-order chi connectivity index (χ1) is 13.8. The first kappa shape index (κ1) is 23.1. The van der Waals surface area contributed by atoms with Crippen LogP contribution in [-0.2, 0) is 6.54 Å². The number of ether oxygens (including phenoxy) is 2. The summed E-state index contributed by atoms with van der Waals surface area (Å²) in [5.41, 5.74) is 1.03. The molecule has 1 aromatic rings. The van der Waals surface area contributed by atoms with Crippen LogP contribution in [0.4, 0.5) is 13.2 Å². The molecule has 1 saturated heterocycles. The van der Waals surface area contributed by atoms with Gasteiger partial charge in [0.1, 0.15) is 0 Å². The third-order valence-electron chi connectivity index (χ3n) is 5.09. The summed E-state index contributed by atoms with van der Waals surface area (Å²) in [4.78, 5) is 5.71. The third-order valence-corrected chi connectivity index (χ3v) is 5.09. The summed E-state index contributed by atoms with van der Waals surface area (Å²) >= 11 is 0. The number of rotatable bonds is 8. The lowest BCUT2D eigenvalue weighted by Gasteiger charge is -2.32. The highest BCUT2D eigenvalue weighted by molar-refractivity contribution is 5.79. The van der Waals surface area contributed by atoms with Gasteiger partial charge in [-0.3, -0.25) is 9.89 Å². The lowest BCUT2D eigenvalue weighted by Crippen LogP contribution is -2.41. The van der Waals surface area contributed by atoms with E-state index in [9.17, 15) is 13.2 Å². The molecule has 1 aliphatic heterocycles. The molecule has 0 atom stereocenters. The molecule has 1 aromatic carbocycles. The van der Waals surface area contributed by atoms with Gasteiger partial charge in [-0.2, -0.15) is 13.2 Å². The van der Waals surface area contributed by atoms with Crippen molar-refractivity contribution in [2.24, 2.45) is 10.9 Å². The highest BCUT2D eigenvalue weighted by Crippen LogP contribution is 2.27. The van der Waals surface area contributed by atoms with Crippen LogP contribution in [0.2, 0.25) is 0 Å². The van der Waals surface area contributed by atoms with E-state index in [2.05, 4.69) is 15.6 Å². The smallest absolute Gasteiger partial charge is 0.401 e. The summed E-state index contributed by atoms with van der Waals surface area (Å²) in [7, 11) is 4.91. The molecule has 9 heteroatoms. The normalized spacial score (nSPS) is 16.6. The van der Waals surface area contributed by atoms with Crippen molar-refractivity contribution in [1.82, 2.24) is 15.5 Å². The van der Waals surface area contributed by atoms with Crippen molar-refractivity contribution < 1.29 is 22.6 Å². The molecule has 1 aliphatic rings. The van der Waals surface area contributed by atoms with Gasteiger partial charge in [-0.15, -0.1) is 0 Å². The molecule has 0 unspecified atom stereocenters. The first-order valence-corrected chi connectivity index (χ1v) is 9.79. The van der Waals surface area contributed by atoms with E-state index in [4.69, 9.17) is 9.47 Å². The van der Waals surface area contributed by atoms with Gasteiger partial charge in [-0.25, -0.2) is 0 Å². The van der Waals surface area contributed by atoms with Crippen molar-refractivity contribution in [3.05, 3.63) is 23.8 Å². The SMILES string of the molecule is CN=C(NCCC1CCN(CC(F)(F)F)CC1)NCc1ccc(OC)c(OC)c1. The van der Waals surface area contributed by atoms with Crippen LogP contribution in [-0.4, -0.2) is 64.5 Å². The van der Waals surface area contributed by atoms with E-state index in [1.165, 1.54) is 4.90 Å². The fraction of sp³-hybridized carbons (Fsp3) is 0.650. The molecule has 2 rings (SSSR count). The van der Waals surface area contributed by atoms with Crippen LogP contribution >= 0.6 is 0 Å². The maximum Gasteiger partial charge on any atom is 0.401 e. The number of benzene rings is 1. The van der Waals surface area contributed by atoms with Gasteiger partial charge in [0.2, 0.25) is 0 Å². The molecule has 0 bridgehead atoms. The van der Waals surface area contributed by atoms with Gasteiger partial charge in [-0.05, 0) is 56.0 Å². The number of nitrogens with one attached hydrogen (secondary N) is 2. The number of aliphatic imine (C=N–C) groups is 1. The zero-order chi connectivity index (χ0) is 21.3. The first-order valence-electron chi connectivity index (χ1n) is 9.79. The van der Waals surface area contributed by atoms with Gasteiger partial charge in [0.25, 0.3) is 0 Å². The molecular formula is C20H31F3N4O2. The van der Waals surface area contributed by atoms with Crippen molar-refractivity contribution in [3.63, 3.8) is 0 Å². The Morgan fingerprint density at radius 2 is 1.83 bits per heavy atom. The van der Waals surface area contributed by atoms with E-state index in [1.807, 2.05) is 18.2 Å². The molecule has 0 saturated carbocycles. The molecule has 0 aliphatic carbocycles. The lowest BCUT2D eigenvalue weighted by molar-refractivity contribution is -0.148. The fourth-order valence-corrected chi connectivity index (χ4v) is 3.48. The van der Waals surface area contributed by atoms with E-state index in [0.717, 1.165) is 31.4 Å². The second-order valence-corrected chi connectivity index (χ2v) is 7.17. The van der Waals surface area contributed by atoms with E-state index in [0.29, 0.717) is 43.0 Å². The standard InChI is InChI=1S/C20H31F3N4O2/c1-24-19(26-13-16-4-5-17(28-2)18(12-16)29-3)25-9-6-15-7-10-27(11-8-15)14-20(21,22)23/h4-5,12,15H,6-11,13-14H2,1-3H3,(H2,24,25,26). The molecule has 6 nitrogen and oxygen atoms in total. The molecule has 2 N–H and O–H groups in total. The van der Waals surface area contributed by atoms with Crippen molar-refractivity contribution in [1.29, 1.82) is 0 Å². The van der Waals surface area contributed by atoms with E-state index in [-0.39, 0.29) is 0 Å². The largest absolute Gasteiger partial charge is 0.493 e. The molecule has 1 fully saturated rings. The summed E-state index contributed by atoms with van der Waals surface area (Å²) < 4.78 is 47.9. The minimum atomic E-state index is -4.11. The van der Waals surface area contributed by atoms with Crippen LogP contribution in [0.25, 0.3) is 0 Å². The molecule has 0 radical (unpaired) electrons. The second kappa shape index (κ2) is 11.1. The number of halogens is 3. The highest BCUT2D eigenvalue weighted by atomic mass is 19.4. The molecular weight excluding hydrogens is 385 g/mol. The number of guanidine groups is 1. The van der Waals surface area contributed by atoms with Crippen molar-refractivity contribution in [2.75, 3.05) is 47.4 Å². The van der Waals surface area contributed by atoms with Crippen LogP contribution < -0.4 is 20.1 Å². The Morgan fingerprint density at radius 3 is 2.41 bits per heavy atom. The molecule has 0 spiro atoms. The molecule has 164 valence electrons. The Morgan fingerprint density at radius 1 is 1.14 bits per heavy atom. The Labute approximate surface area is 170 Å². The lowest BCUT2D eigenvalue weighted by atomic mass is 9.93. The van der Waals surface area contributed by atoms with Gasteiger partial charge >= 0.3 is 6.18 Å². The Bertz CT molecular complexity index is 660. The molecule has 0 aromatic heterocycles. The minimum absolute atomic E-state index is 0.441. The quantitative estimate of drug-likeness (QED) is 0.504. The maximum atomic E-state index is 12.5. The number of likely N-dealkylation sites (tertiary alicyclic amines) is 1. The van der Waals surface area contributed by atoms with Gasteiger partial charge in [0.05, 0.1) is 20.8 Å². The molecule has 29 heavy (non-hydrogen) atoms.